The van der Waals surface area contributed by atoms with Crippen molar-refractivity contribution in [2.45, 2.75) is 45.6 Å². The first kappa shape index (κ1) is 10.3. The average Bonchev–Trinajstić information content (AvgIpc) is 2.80. The van der Waals surface area contributed by atoms with Crippen LogP contribution in [0, 0.1) is 5.41 Å². The fraction of sp³-hybridized carbons (Fsp3) is 0.909. The summed E-state index contributed by atoms with van der Waals surface area (Å²) in [5.41, 5.74) is 0.783. The summed E-state index contributed by atoms with van der Waals surface area (Å²) >= 11 is 1.87. The maximum atomic E-state index is 4.68. The van der Waals surface area contributed by atoms with Gasteiger partial charge in [-0.05, 0) is 38.5 Å². The van der Waals surface area contributed by atoms with Crippen LogP contribution in [0.15, 0.2) is 4.99 Å². The summed E-state index contributed by atoms with van der Waals surface area (Å²) in [6.45, 7) is 7.84. The van der Waals surface area contributed by atoms with Crippen molar-refractivity contribution in [2.24, 2.45) is 10.4 Å². The highest BCUT2D eigenvalue weighted by atomic mass is 32.2. The predicted molar refractivity (Wildman–Crippen MR) is 63.9 cm³/mol. The van der Waals surface area contributed by atoms with E-state index in [1.807, 2.05) is 11.8 Å². The SMILES string of the molecule is CC1(CN=C2NC(C)(C)CCS2)CC1. The molecule has 3 heteroatoms. The van der Waals surface area contributed by atoms with Crippen LogP contribution >= 0.6 is 11.8 Å². The highest BCUT2D eigenvalue weighted by molar-refractivity contribution is 8.13. The smallest absolute Gasteiger partial charge is 0.156 e. The van der Waals surface area contributed by atoms with Crippen molar-refractivity contribution in [1.82, 2.24) is 5.32 Å². The number of aliphatic imine (C=N–C) groups is 1. The predicted octanol–water partition coefficient (Wildman–Crippen LogP) is 2.65. The van der Waals surface area contributed by atoms with Gasteiger partial charge in [0.15, 0.2) is 5.17 Å². The zero-order valence-corrected chi connectivity index (χ0v) is 10.2. The van der Waals surface area contributed by atoms with Gasteiger partial charge in [-0.1, -0.05) is 18.7 Å². The summed E-state index contributed by atoms with van der Waals surface area (Å²) in [6.07, 6.45) is 3.95. The third kappa shape index (κ3) is 2.66. The summed E-state index contributed by atoms with van der Waals surface area (Å²) in [4.78, 5) is 4.68. The molecule has 2 rings (SSSR count). The third-order valence-corrected chi connectivity index (χ3v) is 4.03. The van der Waals surface area contributed by atoms with Gasteiger partial charge in [-0.3, -0.25) is 4.99 Å². The molecule has 0 aromatic rings. The molecule has 1 aliphatic heterocycles. The Morgan fingerprint density at radius 2 is 2.00 bits per heavy atom. The molecule has 1 aliphatic carbocycles. The standard InChI is InChI=1S/C11H20N2S/c1-10(2)6-7-14-9(13-10)12-8-11(3)4-5-11/h4-8H2,1-3H3,(H,12,13). The van der Waals surface area contributed by atoms with E-state index in [-0.39, 0.29) is 5.54 Å². The minimum Gasteiger partial charge on any atom is -0.360 e. The third-order valence-electron chi connectivity index (χ3n) is 3.12. The van der Waals surface area contributed by atoms with Crippen molar-refractivity contribution >= 4 is 16.9 Å². The second-order valence-corrected chi connectivity index (χ2v) is 6.62. The van der Waals surface area contributed by atoms with E-state index in [1.54, 1.807) is 0 Å². The van der Waals surface area contributed by atoms with Gasteiger partial charge in [0.2, 0.25) is 0 Å². The molecular weight excluding hydrogens is 192 g/mol. The molecule has 80 valence electrons. The molecule has 2 nitrogen and oxygen atoms in total. The Balaban J connectivity index is 1.90. The van der Waals surface area contributed by atoms with Crippen LogP contribution in [0.4, 0.5) is 0 Å². The molecule has 1 saturated heterocycles. The van der Waals surface area contributed by atoms with Crippen molar-refractivity contribution in [3.05, 3.63) is 0 Å². The van der Waals surface area contributed by atoms with E-state index < -0.39 is 0 Å². The lowest BCUT2D eigenvalue weighted by Crippen LogP contribution is -2.46. The Labute approximate surface area is 90.9 Å². The van der Waals surface area contributed by atoms with Gasteiger partial charge in [-0.25, -0.2) is 0 Å². The molecule has 0 radical (unpaired) electrons. The zero-order valence-electron chi connectivity index (χ0n) is 9.39. The molecule has 0 unspecified atom stereocenters. The Morgan fingerprint density at radius 1 is 1.29 bits per heavy atom. The molecule has 2 aliphatic rings. The largest absolute Gasteiger partial charge is 0.360 e. The maximum Gasteiger partial charge on any atom is 0.156 e. The van der Waals surface area contributed by atoms with E-state index in [1.165, 1.54) is 25.0 Å². The number of nitrogens with one attached hydrogen (secondary N) is 1. The lowest BCUT2D eigenvalue weighted by atomic mass is 10.0. The number of hydrogen-bond acceptors (Lipinski definition) is 2. The first-order valence-corrected chi connectivity index (χ1v) is 6.43. The van der Waals surface area contributed by atoms with Crippen LogP contribution in [0.2, 0.25) is 0 Å². The van der Waals surface area contributed by atoms with E-state index in [2.05, 4.69) is 31.1 Å². The Hall–Kier alpha value is -0.180. The van der Waals surface area contributed by atoms with Crippen molar-refractivity contribution in [2.75, 3.05) is 12.3 Å². The Kier molecular flexibility index (Phi) is 2.54. The molecule has 0 spiro atoms. The molecule has 0 bridgehead atoms. The molecule has 0 aromatic carbocycles. The van der Waals surface area contributed by atoms with Gasteiger partial charge in [0.05, 0.1) is 0 Å². The number of nitrogens with zero attached hydrogens (tertiary/aromatic N) is 1. The first-order valence-electron chi connectivity index (χ1n) is 5.45. The average molecular weight is 212 g/mol. The Bertz CT molecular complexity index is 254. The summed E-state index contributed by atoms with van der Waals surface area (Å²) in [7, 11) is 0. The second kappa shape index (κ2) is 3.44. The fourth-order valence-electron chi connectivity index (χ4n) is 1.51. The summed E-state index contributed by atoms with van der Waals surface area (Å²) < 4.78 is 0. The number of rotatable bonds is 2. The van der Waals surface area contributed by atoms with Crippen LogP contribution < -0.4 is 5.32 Å². The van der Waals surface area contributed by atoms with E-state index in [0.29, 0.717) is 5.41 Å². The molecule has 1 N–H and O–H groups in total. The molecule has 14 heavy (non-hydrogen) atoms. The van der Waals surface area contributed by atoms with E-state index in [4.69, 9.17) is 0 Å². The molecular formula is C11H20N2S. The lowest BCUT2D eigenvalue weighted by Gasteiger charge is -2.32. The molecule has 0 aromatic heterocycles. The molecule has 1 saturated carbocycles. The topological polar surface area (TPSA) is 24.4 Å². The maximum absolute atomic E-state index is 4.68. The quantitative estimate of drug-likeness (QED) is 0.761. The zero-order chi connectivity index (χ0) is 10.2. The van der Waals surface area contributed by atoms with Crippen LogP contribution in [-0.2, 0) is 0 Å². The van der Waals surface area contributed by atoms with Crippen LogP contribution in [-0.4, -0.2) is 23.0 Å². The van der Waals surface area contributed by atoms with Gasteiger partial charge < -0.3 is 5.32 Å². The first-order chi connectivity index (χ1) is 6.49. The van der Waals surface area contributed by atoms with E-state index in [9.17, 15) is 0 Å². The van der Waals surface area contributed by atoms with Gasteiger partial charge in [0.1, 0.15) is 0 Å². The van der Waals surface area contributed by atoms with Gasteiger partial charge >= 0.3 is 0 Å². The summed E-state index contributed by atoms with van der Waals surface area (Å²) in [6, 6.07) is 0. The van der Waals surface area contributed by atoms with Crippen LogP contribution in [0.25, 0.3) is 0 Å². The van der Waals surface area contributed by atoms with E-state index in [0.717, 1.165) is 11.7 Å². The van der Waals surface area contributed by atoms with Crippen molar-refractivity contribution in [3.8, 4) is 0 Å². The van der Waals surface area contributed by atoms with Gasteiger partial charge in [-0.15, -0.1) is 0 Å². The molecule has 2 fully saturated rings. The normalized spacial score (nSPS) is 31.2. The molecule has 0 amide bonds. The highest BCUT2D eigenvalue weighted by Crippen LogP contribution is 2.45. The minimum absolute atomic E-state index is 0.245. The van der Waals surface area contributed by atoms with Gasteiger partial charge in [-0.2, -0.15) is 0 Å². The Morgan fingerprint density at radius 3 is 2.57 bits per heavy atom. The number of thioether (sulfide) groups is 1. The van der Waals surface area contributed by atoms with Crippen LogP contribution in [0.3, 0.4) is 0 Å². The summed E-state index contributed by atoms with van der Waals surface area (Å²) in [5, 5.41) is 4.67. The van der Waals surface area contributed by atoms with Crippen molar-refractivity contribution in [3.63, 3.8) is 0 Å². The van der Waals surface area contributed by atoms with Crippen LogP contribution in [0.1, 0.15) is 40.0 Å². The van der Waals surface area contributed by atoms with E-state index >= 15 is 0 Å². The lowest BCUT2D eigenvalue weighted by molar-refractivity contribution is 0.445. The fourth-order valence-corrected chi connectivity index (χ4v) is 2.82. The number of hydrogen-bond donors (Lipinski definition) is 1. The summed E-state index contributed by atoms with van der Waals surface area (Å²) in [5.74, 6) is 1.20. The van der Waals surface area contributed by atoms with Gasteiger partial charge in [0.25, 0.3) is 0 Å². The minimum atomic E-state index is 0.245. The molecule has 1 heterocycles. The highest BCUT2D eigenvalue weighted by Gasteiger charge is 2.37. The number of amidine groups is 1. The second-order valence-electron chi connectivity index (χ2n) is 5.54. The molecule has 0 atom stereocenters. The van der Waals surface area contributed by atoms with Crippen molar-refractivity contribution in [1.29, 1.82) is 0 Å². The monoisotopic (exact) mass is 212 g/mol. The van der Waals surface area contributed by atoms with Crippen LogP contribution in [0.5, 0.6) is 0 Å². The van der Waals surface area contributed by atoms with Gasteiger partial charge in [0, 0.05) is 17.8 Å². The van der Waals surface area contributed by atoms with Crippen molar-refractivity contribution < 1.29 is 0 Å².